The van der Waals surface area contributed by atoms with Gasteiger partial charge in [-0.15, -0.1) is 11.3 Å². The monoisotopic (exact) mass is 328 g/mol. The second-order valence-corrected chi connectivity index (χ2v) is 7.48. The van der Waals surface area contributed by atoms with Crippen LogP contribution in [-0.4, -0.2) is 22.0 Å². The lowest BCUT2D eigenvalue weighted by atomic mass is 9.82. The number of allylic oxidation sites excluding steroid dienone is 2. The van der Waals surface area contributed by atoms with Gasteiger partial charge in [0.05, 0.1) is 27.1 Å². The Morgan fingerprint density at radius 3 is 2.74 bits per heavy atom. The van der Waals surface area contributed by atoms with Crippen molar-refractivity contribution in [3.05, 3.63) is 35.4 Å². The van der Waals surface area contributed by atoms with Gasteiger partial charge in [-0.25, -0.2) is 4.98 Å². The van der Waals surface area contributed by atoms with E-state index < -0.39 is 17.8 Å². The number of benzene rings is 1. The van der Waals surface area contributed by atoms with E-state index in [0.717, 1.165) is 21.6 Å². The molecular formula is C17H16N2O3S. The lowest BCUT2D eigenvalue weighted by Gasteiger charge is -2.23. The van der Waals surface area contributed by atoms with Crippen LogP contribution in [0.15, 0.2) is 30.4 Å². The number of amides is 1. The number of carbonyl (C=O) groups is 2. The molecule has 1 aromatic heterocycles. The van der Waals surface area contributed by atoms with Crippen molar-refractivity contribution in [2.24, 2.45) is 23.7 Å². The fourth-order valence-corrected chi connectivity index (χ4v) is 4.73. The number of aromatic nitrogens is 1. The molecule has 4 atom stereocenters. The van der Waals surface area contributed by atoms with Crippen LogP contribution in [0.25, 0.3) is 10.2 Å². The topological polar surface area (TPSA) is 79.3 Å². The molecule has 0 radical (unpaired) electrons. The Morgan fingerprint density at radius 2 is 2.00 bits per heavy atom. The van der Waals surface area contributed by atoms with Crippen LogP contribution in [0.1, 0.15) is 11.4 Å². The highest BCUT2D eigenvalue weighted by Crippen LogP contribution is 2.48. The van der Waals surface area contributed by atoms with E-state index in [-0.39, 0.29) is 17.7 Å². The maximum atomic E-state index is 12.6. The van der Waals surface area contributed by atoms with E-state index in [1.807, 2.05) is 37.3 Å². The molecule has 4 rings (SSSR count). The predicted octanol–water partition coefficient (Wildman–Crippen LogP) is 3.07. The van der Waals surface area contributed by atoms with Gasteiger partial charge in [-0.3, -0.25) is 9.59 Å². The maximum Gasteiger partial charge on any atom is 0.307 e. The average molecular weight is 328 g/mol. The molecule has 1 amide bonds. The SMILES string of the molecule is Cc1nc2ccc(NC(=O)[C@H]3[C@H](C(=O)O)[C@H]4C=C[C@H]3C4)cc2s1. The van der Waals surface area contributed by atoms with E-state index in [1.165, 1.54) is 0 Å². The van der Waals surface area contributed by atoms with E-state index in [2.05, 4.69) is 10.3 Å². The first-order valence-electron chi connectivity index (χ1n) is 7.62. The summed E-state index contributed by atoms with van der Waals surface area (Å²) in [4.78, 5) is 28.6. The summed E-state index contributed by atoms with van der Waals surface area (Å²) in [5.41, 5.74) is 1.61. The highest BCUT2D eigenvalue weighted by molar-refractivity contribution is 7.18. The summed E-state index contributed by atoms with van der Waals surface area (Å²) in [6.45, 7) is 1.95. The van der Waals surface area contributed by atoms with Crippen LogP contribution in [0.2, 0.25) is 0 Å². The van der Waals surface area contributed by atoms with Crippen LogP contribution < -0.4 is 5.32 Å². The molecule has 118 valence electrons. The molecular weight excluding hydrogens is 312 g/mol. The van der Waals surface area contributed by atoms with Crippen molar-refractivity contribution in [3.63, 3.8) is 0 Å². The summed E-state index contributed by atoms with van der Waals surface area (Å²) in [6, 6.07) is 5.60. The average Bonchev–Trinajstić information content (AvgIpc) is 3.18. The number of hydrogen-bond donors (Lipinski definition) is 2. The Balaban J connectivity index is 1.58. The third-order valence-corrected chi connectivity index (χ3v) is 5.74. The molecule has 2 N–H and O–H groups in total. The van der Waals surface area contributed by atoms with Crippen molar-refractivity contribution in [2.45, 2.75) is 13.3 Å². The molecule has 2 aliphatic carbocycles. The minimum absolute atomic E-state index is 0.0140. The van der Waals surface area contributed by atoms with Gasteiger partial charge < -0.3 is 10.4 Å². The van der Waals surface area contributed by atoms with Crippen molar-refractivity contribution in [1.29, 1.82) is 0 Å². The van der Waals surface area contributed by atoms with Gasteiger partial charge >= 0.3 is 5.97 Å². The van der Waals surface area contributed by atoms with E-state index in [9.17, 15) is 14.7 Å². The number of anilines is 1. The van der Waals surface area contributed by atoms with Crippen LogP contribution in [0.3, 0.4) is 0 Å². The number of aliphatic carboxylic acids is 1. The number of thiazole rings is 1. The summed E-state index contributed by atoms with van der Waals surface area (Å²) in [6.07, 6.45) is 4.70. The Kier molecular flexibility index (Phi) is 3.23. The number of nitrogens with zero attached hydrogens (tertiary/aromatic N) is 1. The first-order valence-corrected chi connectivity index (χ1v) is 8.44. The number of hydrogen-bond acceptors (Lipinski definition) is 4. The van der Waals surface area contributed by atoms with Gasteiger partial charge in [-0.1, -0.05) is 12.2 Å². The van der Waals surface area contributed by atoms with Gasteiger partial charge in [0.15, 0.2) is 0 Å². The van der Waals surface area contributed by atoms with Crippen LogP contribution in [0.4, 0.5) is 5.69 Å². The normalized spacial score (nSPS) is 28.4. The highest BCUT2D eigenvalue weighted by atomic mass is 32.1. The first-order chi connectivity index (χ1) is 11.0. The lowest BCUT2D eigenvalue weighted by Crippen LogP contribution is -2.36. The van der Waals surface area contributed by atoms with Crippen molar-refractivity contribution in [3.8, 4) is 0 Å². The molecule has 2 aromatic rings. The van der Waals surface area contributed by atoms with Gasteiger partial charge in [-0.05, 0) is 43.4 Å². The number of carbonyl (C=O) groups excluding carboxylic acids is 1. The molecule has 0 unspecified atom stereocenters. The minimum atomic E-state index is -0.879. The van der Waals surface area contributed by atoms with Crippen LogP contribution in [0.5, 0.6) is 0 Å². The fourth-order valence-electron chi connectivity index (χ4n) is 3.86. The van der Waals surface area contributed by atoms with Crippen LogP contribution in [-0.2, 0) is 9.59 Å². The largest absolute Gasteiger partial charge is 0.481 e. The van der Waals surface area contributed by atoms with E-state index in [1.54, 1.807) is 11.3 Å². The molecule has 6 heteroatoms. The summed E-state index contributed by atoms with van der Waals surface area (Å²) in [5.74, 6) is -2.15. The zero-order valence-corrected chi connectivity index (χ0v) is 13.3. The molecule has 5 nitrogen and oxygen atoms in total. The second kappa shape index (κ2) is 5.16. The minimum Gasteiger partial charge on any atom is -0.481 e. The smallest absolute Gasteiger partial charge is 0.307 e. The molecule has 1 fully saturated rings. The van der Waals surface area contributed by atoms with Gasteiger partial charge in [0, 0.05) is 5.69 Å². The summed E-state index contributed by atoms with van der Waals surface area (Å²) in [5, 5.41) is 13.3. The summed E-state index contributed by atoms with van der Waals surface area (Å²) >= 11 is 1.58. The van der Waals surface area contributed by atoms with Crippen LogP contribution >= 0.6 is 11.3 Å². The first kappa shape index (κ1) is 14.4. The summed E-state index contributed by atoms with van der Waals surface area (Å²) < 4.78 is 1.02. The maximum absolute atomic E-state index is 12.6. The van der Waals surface area contributed by atoms with Crippen molar-refractivity contribution >= 4 is 39.1 Å². The number of fused-ring (bicyclic) bond motifs is 3. The molecule has 0 aliphatic heterocycles. The standard InChI is InChI=1S/C17H16N2O3S/c1-8-18-12-5-4-11(7-13(12)23-8)19-16(20)14-9-2-3-10(6-9)15(14)17(21)22/h2-5,7,9-10,14-15H,6H2,1H3,(H,19,20)(H,21,22)/t9-,10-,14+,15+/m0/s1. The van der Waals surface area contributed by atoms with Gasteiger partial charge in [0.2, 0.25) is 5.91 Å². The zero-order chi connectivity index (χ0) is 16.1. The van der Waals surface area contributed by atoms with Gasteiger partial charge in [0.1, 0.15) is 0 Å². The molecule has 0 spiro atoms. The Labute approximate surface area is 137 Å². The summed E-state index contributed by atoms with van der Waals surface area (Å²) in [7, 11) is 0. The molecule has 2 aliphatic rings. The third-order valence-electron chi connectivity index (χ3n) is 4.81. The number of nitrogens with one attached hydrogen (secondary N) is 1. The Morgan fingerprint density at radius 1 is 1.26 bits per heavy atom. The molecule has 1 aromatic carbocycles. The lowest BCUT2D eigenvalue weighted by molar-refractivity contribution is -0.146. The molecule has 23 heavy (non-hydrogen) atoms. The van der Waals surface area contributed by atoms with E-state index in [0.29, 0.717) is 5.69 Å². The Hall–Kier alpha value is -2.21. The zero-order valence-electron chi connectivity index (χ0n) is 12.5. The van der Waals surface area contributed by atoms with Gasteiger partial charge in [0.25, 0.3) is 0 Å². The quantitative estimate of drug-likeness (QED) is 0.849. The van der Waals surface area contributed by atoms with E-state index in [4.69, 9.17) is 0 Å². The predicted molar refractivity (Wildman–Crippen MR) is 88.3 cm³/mol. The molecule has 1 saturated carbocycles. The fraction of sp³-hybridized carbons (Fsp3) is 0.353. The second-order valence-electron chi connectivity index (χ2n) is 6.24. The highest BCUT2D eigenvalue weighted by Gasteiger charge is 2.51. The number of rotatable bonds is 3. The van der Waals surface area contributed by atoms with Gasteiger partial charge in [-0.2, -0.15) is 0 Å². The third kappa shape index (κ3) is 2.34. The van der Waals surface area contributed by atoms with Crippen molar-refractivity contribution in [2.75, 3.05) is 5.32 Å². The van der Waals surface area contributed by atoms with Crippen molar-refractivity contribution in [1.82, 2.24) is 4.98 Å². The number of carboxylic acids is 1. The molecule has 0 saturated heterocycles. The van der Waals surface area contributed by atoms with Crippen molar-refractivity contribution < 1.29 is 14.7 Å². The van der Waals surface area contributed by atoms with E-state index >= 15 is 0 Å². The number of aryl methyl sites for hydroxylation is 1. The molecule has 1 heterocycles. The number of carboxylic acid groups (broad SMARTS) is 1. The Bertz CT molecular complexity index is 841. The molecule has 2 bridgehead atoms. The van der Waals surface area contributed by atoms with Crippen LogP contribution in [0, 0.1) is 30.6 Å².